The summed E-state index contributed by atoms with van der Waals surface area (Å²) in [5.41, 5.74) is 2.20. The summed E-state index contributed by atoms with van der Waals surface area (Å²) in [5, 5.41) is 0. The van der Waals surface area contributed by atoms with Crippen LogP contribution in [0.3, 0.4) is 0 Å². The Bertz CT molecular complexity index is 564. The molecule has 3 nitrogen and oxygen atoms in total. The molecule has 2 rings (SSSR count). The number of methoxy groups -OCH3 is 1. The lowest BCUT2D eigenvalue weighted by Crippen LogP contribution is -1.96. The molecule has 2 aromatic carbocycles. The van der Waals surface area contributed by atoms with Crippen LogP contribution in [0.15, 0.2) is 53.5 Å². The first-order valence-electron chi connectivity index (χ1n) is 6.68. The SMILES string of the molecule is CCOc1cc(/C=N\Cc2ccccc2)ccc1OC. The molecule has 0 unspecified atom stereocenters. The minimum absolute atomic E-state index is 0.612. The summed E-state index contributed by atoms with van der Waals surface area (Å²) in [4.78, 5) is 4.45. The number of rotatable bonds is 6. The third-order valence-electron chi connectivity index (χ3n) is 2.84. The van der Waals surface area contributed by atoms with E-state index in [0.717, 1.165) is 17.1 Å². The highest BCUT2D eigenvalue weighted by atomic mass is 16.5. The zero-order chi connectivity index (χ0) is 14.2. The van der Waals surface area contributed by atoms with E-state index in [9.17, 15) is 0 Å². The Kier molecular flexibility index (Phi) is 5.18. The van der Waals surface area contributed by atoms with Crippen LogP contribution < -0.4 is 9.47 Å². The molecule has 0 fully saturated rings. The normalized spacial score (nSPS) is 10.7. The standard InChI is InChI=1S/C17H19NO2/c1-3-20-17-11-15(9-10-16(17)19-2)13-18-12-14-7-5-4-6-8-14/h4-11,13H,3,12H2,1-2H3/b18-13-. The van der Waals surface area contributed by atoms with Crippen molar-refractivity contribution in [1.82, 2.24) is 0 Å². The molecule has 0 radical (unpaired) electrons. The Morgan fingerprint density at radius 3 is 2.55 bits per heavy atom. The van der Waals surface area contributed by atoms with Crippen molar-refractivity contribution in [3.63, 3.8) is 0 Å². The Morgan fingerprint density at radius 2 is 1.85 bits per heavy atom. The van der Waals surface area contributed by atoms with Gasteiger partial charge in [-0.2, -0.15) is 0 Å². The Labute approximate surface area is 119 Å². The molecule has 3 heteroatoms. The van der Waals surface area contributed by atoms with Gasteiger partial charge >= 0.3 is 0 Å². The van der Waals surface area contributed by atoms with E-state index in [0.29, 0.717) is 13.2 Å². The summed E-state index contributed by atoms with van der Waals surface area (Å²) in [5.74, 6) is 1.49. The minimum atomic E-state index is 0.612. The molecule has 0 heterocycles. The molecule has 0 N–H and O–H groups in total. The van der Waals surface area contributed by atoms with Crippen molar-refractivity contribution in [2.24, 2.45) is 4.99 Å². The van der Waals surface area contributed by atoms with E-state index < -0.39 is 0 Å². The number of ether oxygens (including phenoxy) is 2. The highest BCUT2D eigenvalue weighted by molar-refractivity contribution is 5.80. The van der Waals surface area contributed by atoms with Gasteiger partial charge in [-0.1, -0.05) is 30.3 Å². The summed E-state index contributed by atoms with van der Waals surface area (Å²) in [6.45, 7) is 3.24. The zero-order valence-corrected chi connectivity index (χ0v) is 11.9. The lowest BCUT2D eigenvalue weighted by Gasteiger charge is -2.09. The fourth-order valence-electron chi connectivity index (χ4n) is 1.88. The smallest absolute Gasteiger partial charge is 0.161 e. The van der Waals surface area contributed by atoms with Crippen LogP contribution in [0.4, 0.5) is 0 Å². The third-order valence-corrected chi connectivity index (χ3v) is 2.84. The molecular formula is C17H19NO2. The van der Waals surface area contributed by atoms with Crippen molar-refractivity contribution in [1.29, 1.82) is 0 Å². The highest BCUT2D eigenvalue weighted by Gasteiger charge is 2.03. The van der Waals surface area contributed by atoms with Gasteiger partial charge in [-0.05, 0) is 36.2 Å². The maximum absolute atomic E-state index is 5.55. The molecule has 0 bridgehead atoms. The maximum atomic E-state index is 5.55. The van der Waals surface area contributed by atoms with Gasteiger partial charge in [-0.25, -0.2) is 0 Å². The largest absolute Gasteiger partial charge is 0.493 e. The molecule has 104 valence electrons. The van der Waals surface area contributed by atoms with Crippen LogP contribution in [0.2, 0.25) is 0 Å². The van der Waals surface area contributed by atoms with Gasteiger partial charge < -0.3 is 9.47 Å². The second kappa shape index (κ2) is 7.34. The topological polar surface area (TPSA) is 30.8 Å². The first-order valence-corrected chi connectivity index (χ1v) is 6.68. The van der Waals surface area contributed by atoms with Crippen LogP contribution in [0.25, 0.3) is 0 Å². The molecule has 0 atom stereocenters. The Balaban J connectivity index is 2.07. The third kappa shape index (κ3) is 3.85. The molecular weight excluding hydrogens is 250 g/mol. The molecule has 0 amide bonds. The average Bonchev–Trinajstić information content (AvgIpc) is 2.49. The Morgan fingerprint density at radius 1 is 1.05 bits per heavy atom. The number of nitrogens with zero attached hydrogens (tertiary/aromatic N) is 1. The van der Waals surface area contributed by atoms with Crippen LogP contribution in [0, 0.1) is 0 Å². The van der Waals surface area contributed by atoms with Crippen molar-refractivity contribution >= 4 is 6.21 Å². The molecule has 0 aliphatic carbocycles. The van der Waals surface area contributed by atoms with Crippen molar-refractivity contribution in [2.75, 3.05) is 13.7 Å². The fraction of sp³-hybridized carbons (Fsp3) is 0.235. The second-order valence-electron chi connectivity index (χ2n) is 4.30. The van der Waals surface area contributed by atoms with Gasteiger partial charge in [-0.3, -0.25) is 4.99 Å². The summed E-state index contributed by atoms with van der Waals surface area (Å²) >= 11 is 0. The van der Waals surface area contributed by atoms with E-state index in [1.165, 1.54) is 5.56 Å². The average molecular weight is 269 g/mol. The second-order valence-corrected chi connectivity index (χ2v) is 4.30. The van der Waals surface area contributed by atoms with E-state index in [1.807, 2.05) is 49.5 Å². The number of hydrogen-bond donors (Lipinski definition) is 0. The number of hydrogen-bond acceptors (Lipinski definition) is 3. The molecule has 0 spiro atoms. The maximum Gasteiger partial charge on any atom is 0.161 e. The van der Waals surface area contributed by atoms with Crippen LogP contribution >= 0.6 is 0 Å². The molecule has 0 aliphatic rings. The zero-order valence-electron chi connectivity index (χ0n) is 11.9. The lowest BCUT2D eigenvalue weighted by atomic mass is 10.2. The van der Waals surface area contributed by atoms with Gasteiger partial charge in [-0.15, -0.1) is 0 Å². The van der Waals surface area contributed by atoms with Crippen LogP contribution in [0.1, 0.15) is 18.1 Å². The fourth-order valence-corrected chi connectivity index (χ4v) is 1.88. The summed E-state index contributed by atoms with van der Waals surface area (Å²) in [7, 11) is 1.64. The summed E-state index contributed by atoms with van der Waals surface area (Å²) in [6, 6.07) is 16.0. The van der Waals surface area contributed by atoms with Gasteiger partial charge in [0.2, 0.25) is 0 Å². The van der Waals surface area contributed by atoms with Crippen molar-refractivity contribution in [3.8, 4) is 11.5 Å². The van der Waals surface area contributed by atoms with E-state index >= 15 is 0 Å². The Hall–Kier alpha value is -2.29. The van der Waals surface area contributed by atoms with Crippen LogP contribution in [-0.2, 0) is 6.54 Å². The predicted octanol–water partition coefficient (Wildman–Crippen LogP) is 3.71. The van der Waals surface area contributed by atoms with Gasteiger partial charge in [0, 0.05) is 6.21 Å². The molecule has 0 saturated heterocycles. The lowest BCUT2D eigenvalue weighted by molar-refractivity contribution is 0.311. The highest BCUT2D eigenvalue weighted by Crippen LogP contribution is 2.27. The van der Waals surface area contributed by atoms with E-state index in [2.05, 4.69) is 17.1 Å². The number of benzene rings is 2. The minimum Gasteiger partial charge on any atom is -0.493 e. The number of aliphatic imine (C=N–C) groups is 1. The van der Waals surface area contributed by atoms with Crippen molar-refractivity contribution < 1.29 is 9.47 Å². The molecule has 0 saturated carbocycles. The van der Waals surface area contributed by atoms with Crippen LogP contribution in [0.5, 0.6) is 11.5 Å². The summed E-state index contributed by atoms with van der Waals surface area (Å²) < 4.78 is 10.8. The van der Waals surface area contributed by atoms with Gasteiger partial charge in [0.25, 0.3) is 0 Å². The first-order chi connectivity index (χ1) is 9.83. The summed E-state index contributed by atoms with van der Waals surface area (Å²) in [6.07, 6.45) is 1.86. The quantitative estimate of drug-likeness (QED) is 0.748. The molecule has 2 aromatic rings. The predicted molar refractivity (Wildman–Crippen MR) is 81.9 cm³/mol. The molecule has 0 aromatic heterocycles. The molecule has 0 aliphatic heterocycles. The van der Waals surface area contributed by atoms with Gasteiger partial charge in [0.15, 0.2) is 11.5 Å². The van der Waals surface area contributed by atoms with E-state index in [4.69, 9.17) is 9.47 Å². The van der Waals surface area contributed by atoms with E-state index in [1.54, 1.807) is 7.11 Å². The van der Waals surface area contributed by atoms with E-state index in [-0.39, 0.29) is 0 Å². The van der Waals surface area contributed by atoms with Crippen LogP contribution in [-0.4, -0.2) is 19.9 Å². The first kappa shape index (κ1) is 14.1. The van der Waals surface area contributed by atoms with Gasteiger partial charge in [0.05, 0.1) is 20.3 Å². The van der Waals surface area contributed by atoms with Crippen molar-refractivity contribution in [2.45, 2.75) is 13.5 Å². The van der Waals surface area contributed by atoms with Crippen molar-refractivity contribution in [3.05, 3.63) is 59.7 Å². The monoisotopic (exact) mass is 269 g/mol. The molecule has 20 heavy (non-hydrogen) atoms. The van der Waals surface area contributed by atoms with Gasteiger partial charge in [0.1, 0.15) is 0 Å².